The van der Waals surface area contributed by atoms with Crippen molar-refractivity contribution in [1.29, 1.82) is 0 Å². The molecule has 1 aromatic carbocycles. The Balaban J connectivity index is 2.34. The van der Waals surface area contributed by atoms with Crippen LogP contribution in [0.25, 0.3) is 11.1 Å². The van der Waals surface area contributed by atoms with Gasteiger partial charge in [0.1, 0.15) is 5.75 Å². The van der Waals surface area contributed by atoms with Gasteiger partial charge >= 0.3 is 6.36 Å². The average Bonchev–Trinajstić information content (AvgIpc) is 2.70. The van der Waals surface area contributed by atoms with Crippen LogP contribution in [-0.4, -0.2) is 24.8 Å². The van der Waals surface area contributed by atoms with Crippen LogP contribution in [0.4, 0.5) is 13.2 Å². The molecule has 0 radical (unpaired) electrons. The number of ether oxygens (including phenoxy) is 1. The van der Waals surface area contributed by atoms with E-state index < -0.39 is 14.7 Å². The Labute approximate surface area is 233 Å². The van der Waals surface area contributed by atoms with E-state index in [-0.39, 0.29) is 40.4 Å². The van der Waals surface area contributed by atoms with E-state index in [1.165, 1.54) is 12.1 Å². The minimum atomic E-state index is -4.85. The molecule has 0 saturated heterocycles. The molecule has 206 valence electrons. The summed E-state index contributed by atoms with van der Waals surface area (Å²) >= 11 is 2.26. The molecule has 37 heavy (non-hydrogen) atoms. The van der Waals surface area contributed by atoms with Crippen LogP contribution in [0, 0.1) is 8.99 Å². The summed E-state index contributed by atoms with van der Waals surface area (Å²) in [5, 5.41) is 9.78. The van der Waals surface area contributed by atoms with Crippen LogP contribution in [0.1, 0.15) is 89.4 Å². The molecule has 0 aliphatic heterocycles. The topological polar surface area (TPSA) is 51.6 Å². The number of rotatable bonds is 6. The number of fused-ring (bicyclic) bond motifs is 1. The maximum atomic E-state index is 13.4. The Morgan fingerprint density at radius 3 is 2.32 bits per heavy atom. The molecule has 1 heterocycles. The lowest BCUT2D eigenvalue weighted by Crippen LogP contribution is -2.44. The van der Waals surface area contributed by atoms with Crippen molar-refractivity contribution >= 4 is 30.9 Å². The van der Waals surface area contributed by atoms with Crippen LogP contribution in [0.3, 0.4) is 0 Å². The summed E-state index contributed by atoms with van der Waals surface area (Å²) in [6, 6.07) is 4.31. The predicted octanol–water partition coefficient (Wildman–Crippen LogP) is 8.90. The van der Waals surface area contributed by atoms with Crippen molar-refractivity contribution in [2.75, 3.05) is 0 Å². The van der Waals surface area contributed by atoms with E-state index in [0.717, 1.165) is 27.7 Å². The Hall–Kier alpha value is -1.17. The molecule has 0 spiro atoms. The van der Waals surface area contributed by atoms with Crippen LogP contribution >= 0.6 is 22.6 Å². The normalized spacial score (nSPS) is 18.2. The maximum Gasteiger partial charge on any atom is 0.573 e. The molecule has 1 atom stereocenters. The summed E-state index contributed by atoms with van der Waals surface area (Å²) in [6.07, 6.45) is -3.50. The minimum Gasteiger partial charge on any atom is -0.410 e. The van der Waals surface area contributed by atoms with Crippen LogP contribution in [-0.2, 0) is 17.5 Å². The zero-order valence-electron chi connectivity index (χ0n) is 23.2. The highest BCUT2D eigenvalue weighted by atomic mass is 127. The van der Waals surface area contributed by atoms with Gasteiger partial charge in [-0.1, -0.05) is 54.5 Å². The molecule has 9 heteroatoms. The van der Waals surface area contributed by atoms with E-state index in [1.54, 1.807) is 6.07 Å². The Morgan fingerprint density at radius 1 is 1.19 bits per heavy atom. The monoisotopic (exact) mass is 649 g/mol. The number of nitrogens with zero attached hydrogens (tertiary/aromatic N) is 1. The van der Waals surface area contributed by atoms with Crippen molar-refractivity contribution in [3.05, 3.63) is 44.3 Å². The largest absolute Gasteiger partial charge is 0.573 e. The fourth-order valence-corrected chi connectivity index (χ4v) is 7.11. The summed E-state index contributed by atoms with van der Waals surface area (Å²) in [4.78, 5) is 5.11. The number of aliphatic hydroxyl groups is 1. The summed E-state index contributed by atoms with van der Waals surface area (Å²) in [6.45, 7) is 19.2. The molecule has 1 aliphatic carbocycles. The van der Waals surface area contributed by atoms with Crippen molar-refractivity contribution in [1.82, 2.24) is 4.98 Å². The molecule has 0 amide bonds. The van der Waals surface area contributed by atoms with E-state index in [4.69, 9.17) is 9.41 Å². The quantitative estimate of drug-likeness (QED) is 0.251. The van der Waals surface area contributed by atoms with Crippen molar-refractivity contribution in [3.8, 4) is 16.9 Å². The van der Waals surface area contributed by atoms with E-state index in [2.05, 4.69) is 75.0 Å². The van der Waals surface area contributed by atoms with Crippen molar-refractivity contribution < 1.29 is 27.4 Å². The summed E-state index contributed by atoms with van der Waals surface area (Å²) < 4.78 is 52.5. The molecule has 0 fully saturated rings. The first-order chi connectivity index (χ1) is 16.8. The lowest BCUT2D eigenvalue weighted by atomic mass is 9.74. The van der Waals surface area contributed by atoms with Crippen LogP contribution in [0.2, 0.25) is 18.1 Å². The van der Waals surface area contributed by atoms with E-state index in [9.17, 15) is 18.3 Å². The molecular weight excluding hydrogens is 610 g/mol. The third-order valence-corrected chi connectivity index (χ3v) is 13.1. The van der Waals surface area contributed by atoms with Crippen LogP contribution in [0.5, 0.6) is 5.75 Å². The van der Waals surface area contributed by atoms with Crippen molar-refractivity contribution in [2.24, 2.45) is 5.41 Å². The van der Waals surface area contributed by atoms with Gasteiger partial charge in [-0.05, 0) is 82.6 Å². The first-order valence-electron chi connectivity index (χ1n) is 12.7. The Bertz CT molecular complexity index is 1160. The van der Waals surface area contributed by atoms with Gasteiger partial charge in [-0.3, -0.25) is 4.98 Å². The predicted molar refractivity (Wildman–Crippen MR) is 152 cm³/mol. The van der Waals surface area contributed by atoms with E-state index in [1.807, 2.05) is 13.8 Å². The van der Waals surface area contributed by atoms with Gasteiger partial charge in [0.25, 0.3) is 0 Å². The second-order valence-electron chi connectivity index (χ2n) is 12.6. The highest BCUT2D eigenvalue weighted by Crippen LogP contribution is 2.51. The van der Waals surface area contributed by atoms with Gasteiger partial charge in [-0.25, -0.2) is 0 Å². The zero-order chi connectivity index (χ0) is 28.1. The average molecular weight is 650 g/mol. The number of hydrogen-bond acceptors (Lipinski definition) is 4. The fraction of sp³-hybridized carbons (Fsp3) is 0.607. The highest BCUT2D eigenvalue weighted by molar-refractivity contribution is 14.1. The molecule has 1 aromatic heterocycles. The van der Waals surface area contributed by atoms with Crippen molar-refractivity contribution in [2.45, 2.75) is 104 Å². The molecule has 1 N–H and O–H groups in total. The fourth-order valence-electron chi connectivity index (χ4n) is 4.62. The number of pyridine rings is 1. The SMILES string of the molecule is CC(C)c1nc2c(c(I)c1-c1cc(CO)ccc1OC(F)(F)F)[C@@H](O[Si](C)(C)C(C)(C)C)CC(C)(C)C2. The number of halogens is 4. The zero-order valence-corrected chi connectivity index (χ0v) is 26.4. The number of aromatic nitrogens is 1. The van der Waals surface area contributed by atoms with Crippen molar-refractivity contribution in [3.63, 3.8) is 0 Å². The smallest absolute Gasteiger partial charge is 0.410 e. The maximum absolute atomic E-state index is 13.4. The van der Waals surface area contributed by atoms with Gasteiger partial charge in [0.2, 0.25) is 0 Å². The van der Waals surface area contributed by atoms with Gasteiger partial charge in [0, 0.05) is 26.0 Å². The second kappa shape index (κ2) is 10.4. The summed E-state index contributed by atoms with van der Waals surface area (Å²) in [7, 11) is -2.17. The number of aliphatic hydroxyl groups excluding tert-OH is 1. The van der Waals surface area contributed by atoms with E-state index in [0.29, 0.717) is 16.8 Å². The molecular formula is C28H39F3INO3Si. The minimum absolute atomic E-state index is 0.00248. The van der Waals surface area contributed by atoms with Gasteiger partial charge in [0.15, 0.2) is 8.32 Å². The molecule has 0 bridgehead atoms. The standard InChI is InChI=1S/C28H39F3INO3Si/c1-16(2)25-22(18-12-17(15-34)10-11-20(18)35-28(29,30)31)24(32)23-19(33-25)13-27(6,7)14-21(23)36-37(8,9)26(3,4)5/h10-12,16,21,34H,13-15H2,1-9H3/t21-/m0/s1. The summed E-state index contributed by atoms with van der Waals surface area (Å²) in [5.74, 6) is -0.348. The number of alkyl halides is 3. The van der Waals surface area contributed by atoms with Gasteiger partial charge < -0.3 is 14.3 Å². The number of benzene rings is 1. The number of hydrogen-bond donors (Lipinski definition) is 1. The second-order valence-corrected chi connectivity index (χ2v) is 18.5. The molecule has 3 rings (SSSR count). The van der Waals surface area contributed by atoms with Crippen LogP contribution in [0.15, 0.2) is 18.2 Å². The van der Waals surface area contributed by atoms with E-state index >= 15 is 0 Å². The molecule has 2 aromatic rings. The third kappa shape index (κ3) is 6.70. The molecule has 1 aliphatic rings. The molecule has 0 unspecified atom stereocenters. The Kier molecular flexibility index (Phi) is 8.56. The van der Waals surface area contributed by atoms with Crippen LogP contribution < -0.4 is 4.74 Å². The lowest BCUT2D eigenvalue weighted by molar-refractivity contribution is -0.274. The highest BCUT2D eigenvalue weighted by Gasteiger charge is 2.44. The van der Waals surface area contributed by atoms with Gasteiger partial charge in [-0.2, -0.15) is 0 Å². The first kappa shape index (κ1) is 30.4. The Morgan fingerprint density at radius 2 is 1.81 bits per heavy atom. The van der Waals surface area contributed by atoms with Gasteiger partial charge in [-0.15, -0.1) is 13.2 Å². The van der Waals surface area contributed by atoms with Gasteiger partial charge in [0.05, 0.1) is 18.4 Å². The summed E-state index contributed by atoms with van der Waals surface area (Å²) in [5.41, 5.74) is 4.00. The third-order valence-electron chi connectivity index (χ3n) is 7.50. The molecule has 0 saturated carbocycles. The molecule has 4 nitrogen and oxygen atoms in total. The lowest BCUT2D eigenvalue weighted by Gasteiger charge is -2.44. The first-order valence-corrected chi connectivity index (χ1v) is 16.6.